The molecular weight excluding hydrogens is 447 g/mol. The summed E-state index contributed by atoms with van der Waals surface area (Å²) in [7, 11) is -4.28. The van der Waals surface area contributed by atoms with Crippen LogP contribution in [0.5, 0.6) is 5.75 Å². The summed E-state index contributed by atoms with van der Waals surface area (Å²) in [5.41, 5.74) is 1.19. The van der Waals surface area contributed by atoms with Crippen molar-refractivity contribution >= 4 is 27.6 Å². The lowest BCUT2D eigenvalue weighted by Crippen LogP contribution is -2.54. The number of halogens is 2. The van der Waals surface area contributed by atoms with Crippen LogP contribution in [-0.2, 0) is 27.2 Å². The number of rotatable bonds is 7. The molecule has 10 heteroatoms. The molecule has 1 aliphatic rings. The first-order valence-electron chi connectivity index (χ1n) is 9.73. The van der Waals surface area contributed by atoms with Gasteiger partial charge in [0.25, 0.3) is 16.0 Å². The van der Waals surface area contributed by atoms with Crippen LogP contribution in [-0.4, -0.2) is 61.0 Å². The smallest absolute Gasteiger partial charge is 0.269 e. The Hall–Kier alpha value is -2.20. The molecule has 0 spiro atoms. The molecule has 3 rings (SSSR count). The maximum absolute atomic E-state index is 13.1. The molecule has 0 aliphatic carbocycles. The monoisotopic (exact) mass is 470 g/mol. The van der Waals surface area contributed by atoms with Gasteiger partial charge in [-0.2, -0.15) is 8.42 Å². The second-order valence-corrected chi connectivity index (χ2v) is 9.45. The van der Waals surface area contributed by atoms with Gasteiger partial charge in [0, 0.05) is 42.8 Å². The molecule has 0 unspecified atom stereocenters. The van der Waals surface area contributed by atoms with E-state index in [-0.39, 0.29) is 35.7 Å². The third-order valence-corrected chi connectivity index (χ3v) is 5.97. The maximum Gasteiger partial charge on any atom is 0.269 e. The van der Waals surface area contributed by atoms with E-state index in [4.69, 9.17) is 20.9 Å². The van der Waals surface area contributed by atoms with E-state index in [1.165, 1.54) is 30.3 Å². The molecule has 1 aliphatic heterocycles. The molecule has 0 saturated carbocycles. The van der Waals surface area contributed by atoms with Crippen molar-refractivity contribution < 1.29 is 26.9 Å². The van der Waals surface area contributed by atoms with Gasteiger partial charge in [0.15, 0.2) is 6.61 Å². The first kappa shape index (κ1) is 23.5. The van der Waals surface area contributed by atoms with Crippen LogP contribution >= 0.6 is 11.6 Å². The van der Waals surface area contributed by atoms with Crippen LogP contribution in [0.15, 0.2) is 42.5 Å². The van der Waals surface area contributed by atoms with E-state index in [1.807, 2.05) is 6.92 Å². The summed E-state index contributed by atoms with van der Waals surface area (Å²) in [5.74, 6) is -0.970. The number of benzene rings is 2. The fraction of sp³-hybridized carbons (Fsp3) is 0.381. The van der Waals surface area contributed by atoms with Crippen LogP contribution in [0, 0.1) is 5.82 Å². The van der Waals surface area contributed by atoms with E-state index in [2.05, 4.69) is 4.90 Å². The molecule has 7 nitrogen and oxygen atoms in total. The van der Waals surface area contributed by atoms with Crippen molar-refractivity contribution in [2.45, 2.75) is 25.3 Å². The van der Waals surface area contributed by atoms with E-state index in [0.29, 0.717) is 31.2 Å². The van der Waals surface area contributed by atoms with Crippen molar-refractivity contribution in [3.8, 4) is 5.75 Å². The fourth-order valence-corrected chi connectivity index (χ4v) is 4.43. The van der Waals surface area contributed by atoms with E-state index in [0.717, 1.165) is 5.56 Å². The van der Waals surface area contributed by atoms with Gasteiger partial charge in [-0.05, 0) is 42.8 Å². The summed E-state index contributed by atoms with van der Waals surface area (Å²) >= 11 is 5.90. The number of hydrogen-bond donors (Lipinski definition) is 1. The van der Waals surface area contributed by atoms with Gasteiger partial charge in [0.2, 0.25) is 0 Å². The van der Waals surface area contributed by atoms with Gasteiger partial charge >= 0.3 is 0 Å². The zero-order valence-corrected chi connectivity index (χ0v) is 18.6. The topological polar surface area (TPSA) is 87.2 Å². The highest BCUT2D eigenvalue weighted by Crippen LogP contribution is 2.25. The third kappa shape index (κ3) is 6.90. The van der Waals surface area contributed by atoms with Crippen LogP contribution in [0.1, 0.15) is 18.1 Å². The normalized spacial score (nSPS) is 17.5. The van der Waals surface area contributed by atoms with E-state index >= 15 is 0 Å². The van der Waals surface area contributed by atoms with Crippen molar-refractivity contribution in [2.24, 2.45) is 0 Å². The molecule has 1 amide bonds. The molecule has 1 fully saturated rings. The lowest BCUT2D eigenvalue weighted by atomic mass is 10.1. The van der Waals surface area contributed by atoms with Gasteiger partial charge < -0.3 is 9.64 Å². The number of carbonyl (C=O) groups excluding carboxylic acids is 1. The Morgan fingerprint density at radius 1 is 1.23 bits per heavy atom. The summed E-state index contributed by atoms with van der Waals surface area (Å²) in [5, 5.41) is 0.295. The lowest BCUT2D eigenvalue weighted by Gasteiger charge is -2.39. The van der Waals surface area contributed by atoms with Crippen LogP contribution in [0.4, 0.5) is 4.39 Å². The molecule has 1 heterocycles. The predicted octanol–water partition coefficient (Wildman–Crippen LogP) is 2.98. The van der Waals surface area contributed by atoms with Gasteiger partial charge in [0.1, 0.15) is 17.3 Å². The van der Waals surface area contributed by atoms with Gasteiger partial charge in [0.05, 0.1) is 0 Å². The number of carbonyl (C=O) groups is 1. The highest BCUT2D eigenvalue weighted by atomic mass is 35.5. The summed E-state index contributed by atoms with van der Waals surface area (Å²) < 4.78 is 50.2. The Balaban J connectivity index is 1.56. The minimum atomic E-state index is -4.28. The first-order valence-corrected chi connectivity index (χ1v) is 11.7. The van der Waals surface area contributed by atoms with Gasteiger partial charge in [-0.1, -0.05) is 23.7 Å². The Labute approximate surface area is 186 Å². The highest BCUT2D eigenvalue weighted by Gasteiger charge is 2.28. The van der Waals surface area contributed by atoms with E-state index < -0.39 is 15.9 Å². The standard InChI is InChI=1S/C21H24ClFN2O5S/c1-15-11-24(12-16-2-5-19(23)6-3-16)8-9-25(15)21(26)13-30-20-7-4-18(22)10-17(20)14-31(27,28)29/h2-7,10,15H,8-9,11-14H2,1H3,(H,27,28,29)/t15-/m1/s1. The van der Waals surface area contributed by atoms with Gasteiger partial charge in [-0.15, -0.1) is 0 Å². The zero-order valence-electron chi connectivity index (χ0n) is 17.0. The lowest BCUT2D eigenvalue weighted by molar-refractivity contribution is -0.138. The van der Waals surface area contributed by atoms with Crippen molar-refractivity contribution in [3.63, 3.8) is 0 Å². The predicted molar refractivity (Wildman–Crippen MR) is 115 cm³/mol. The van der Waals surface area contributed by atoms with Crippen LogP contribution in [0.3, 0.4) is 0 Å². The maximum atomic E-state index is 13.1. The first-order chi connectivity index (χ1) is 14.6. The van der Waals surface area contributed by atoms with Crippen molar-refractivity contribution in [1.29, 1.82) is 0 Å². The number of piperazine rings is 1. The molecule has 0 radical (unpaired) electrons. The van der Waals surface area contributed by atoms with Crippen LogP contribution in [0.25, 0.3) is 0 Å². The molecule has 0 aromatic heterocycles. The number of nitrogens with zero attached hydrogens (tertiary/aromatic N) is 2. The quantitative estimate of drug-likeness (QED) is 0.626. The zero-order chi connectivity index (χ0) is 22.6. The highest BCUT2D eigenvalue weighted by molar-refractivity contribution is 7.85. The van der Waals surface area contributed by atoms with Crippen LogP contribution < -0.4 is 4.74 Å². The van der Waals surface area contributed by atoms with E-state index in [1.54, 1.807) is 17.0 Å². The van der Waals surface area contributed by atoms with Crippen molar-refractivity contribution in [1.82, 2.24) is 9.80 Å². The Bertz CT molecular complexity index is 1030. The van der Waals surface area contributed by atoms with Crippen LogP contribution in [0.2, 0.25) is 5.02 Å². The molecule has 2 aromatic carbocycles. The molecule has 1 saturated heterocycles. The average Bonchev–Trinajstić information content (AvgIpc) is 2.68. The van der Waals surface area contributed by atoms with Crippen molar-refractivity contribution in [2.75, 3.05) is 26.2 Å². The summed E-state index contributed by atoms with van der Waals surface area (Å²) in [4.78, 5) is 16.6. The minimum absolute atomic E-state index is 0.0483. The average molecular weight is 471 g/mol. The number of amides is 1. The Kier molecular flexibility index (Phi) is 7.53. The molecule has 2 aromatic rings. The molecule has 168 valence electrons. The Morgan fingerprint density at radius 3 is 2.58 bits per heavy atom. The number of hydrogen-bond acceptors (Lipinski definition) is 5. The molecular formula is C21H24ClFN2O5S. The largest absolute Gasteiger partial charge is 0.483 e. The van der Waals surface area contributed by atoms with Gasteiger partial charge in [-0.25, -0.2) is 4.39 Å². The van der Waals surface area contributed by atoms with E-state index in [9.17, 15) is 17.6 Å². The SMILES string of the molecule is C[C@@H]1CN(Cc2ccc(F)cc2)CCN1C(=O)COc1ccc(Cl)cc1CS(=O)(=O)O. The number of ether oxygens (including phenoxy) is 1. The molecule has 0 bridgehead atoms. The summed E-state index contributed by atoms with van der Waals surface area (Å²) in [6.45, 7) is 4.21. The second kappa shape index (κ2) is 9.95. The fourth-order valence-electron chi connectivity index (χ4n) is 3.62. The second-order valence-electron chi connectivity index (χ2n) is 7.56. The third-order valence-electron chi connectivity index (χ3n) is 5.06. The minimum Gasteiger partial charge on any atom is -0.483 e. The Morgan fingerprint density at radius 2 is 1.94 bits per heavy atom. The summed E-state index contributed by atoms with van der Waals surface area (Å²) in [6.07, 6.45) is 0. The molecule has 31 heavy (non-hydrogen) atoms. The van der Waals surface area contributed by atoms with Gasteiger partial charge in [-0.3, -0.25) is 14.2 Å². The summed E-state index contributed by atoms with van der Waals surface area (Å²) in [6, 6.07) is 10.7. The molecule has 1 N–H and O–H groups in total. The van der Waals surface area contributed by atoms with Crippen molar-refractivity contribution in [3.05, 3.63) is 64.4 Å². The molecule has 1 atom stereocenters.